The smallest absolute Gasteiger partial charge is 0.425 e. The lowest BCUT2D eigenvalue weighted by Crippen LogP contribution is -2.45. The number of aryl methyl sites for hydroxylation is 1. The third-order valence-corrected chi connectivity index (χ3v) is 7.50. The zero-order valence-electron chi connectivity index (χ0n) is 19.1. The molecule has 0 aromatic heterocycles. The van der Waals surface area contributed by atoms with Crippen molar-refractivity contribution in [1.29, 1.82) is 0 Å². The number of sulfonamides is 1. The quantitative estimate of drug-likeness (QED) is 0.440. The number of halogens is 1. The van der Waals surface area contributed by atoms with Crippen LogP contribution in [-0.4, -0.2) is 37.0 Å². The summed E-state index contributed by atoms with van der Waals surface area (Å²) in [4.78, 5) is 25.6. The van der Waals surface area contributed by atoms with Crippen molar-refractivity contribution < 1.29 is 27.5 Å². The number of ether oxygens (including phenoxy) is 2. The van der Waals surface area contributed by atoms with Crippen LogP contribution in [0.4, 0.5) is 4.79 Å². The van der Waals surface area contributed by atoms with E-state index in [1.807, 2.05) is 6.92 Å². The fourth-order valence-electron chi connectivity index (χ4n) is 3.15. The van der Waals surface area contributed by atoms with E-state index in [1.54, 1.807) is 57.2 Å². The predicted molar refractivity (Wildman–Crippen MR) is 127 cm³/mol. The van der Waals surface area contributed by atoms with Crippen molar-refractivity contribution in [3.8, 4) is 0 Å². The fourth-order valence-corrected chi connectivity index (χ4v) is 5.15. The molecule has 1 aliphatic carbocycles. The van der Waals surface area contributed by atoms with E-state index in [4.69, 9.17) is 9.47 Å². The second-order valence-corrected chi connectivity index (χ2v) is 11.7. The Kier molecular flexibility index (Phi) is 7.53. The Morgan fingerprint density at radius 1 is 1.09 bits per heavy atom. The third-order valence-electron chi connectivity index (χ3n) is 4.99. The Labute approximate surface area is 203 Å². The van der Waals surface area contributed by atoms with Gasteiger partial charge in [0.2, 0.25) is 0 Å². The first-order valence-electron chi connectivity index (χ1n) is 10.7. The first-order chi connectivity index (χ1) is 15.4. The van der Waals surface area contributed by atoms with E-state index in [0.717, 1.165) is 18.4 Å². The van der Waals surface area contributed by atoms with Crippen molar-refractivity contribution in [1.82, 2.24) is 4.31 Å². The van der Waals surface area contributed by atoms with Gasteiger partial charge in [0.1, 0.15) is 18.2 Å². The number of amides is 1. The molecule has 2 aromatic carbocycles. The molecule has 3 rings (SSSR count). The Morgan fingerprint density at radius 2 is 1.70 bits per heavy atom. The normalized spacial score (nSPS) is 14.9. The standard InChI is InChI=1S/C24H28BrNO6S/c1-16-9-13-18(14-10-16)33(29,30)26(23(28)32-24(2,3)4)21(15-31-22(27)17-11-12-17)19-7-5-6-8-20(19)25/h5-10,13-14,17,21H,11-12,15H2,1-4H3/t21-/m0/s1. The minimum atomic E-state index is -4.36. The Morgan fingerprint density at radius 3 is 2.24 bits per heavy atom. The molecule has 0 bridgehead atoms. The second kappa shape index (κ2) is 9.85. The van der Waals surface area contributed by atoms with Crippen LogP contribution in [0.5, 0.6) is 0 Å². The van der Waals surface area contributed by atoms with Crippen LogP contribution in [0.3, 0.4) is 0 Å². The van der Waals surface area contributed by atoms with Crippen LogP contribution in [0, 0.1) is 12.8 Å². The van der Waals surface area contributed by atoms with Crippen molar-refractivity contribution in [2.24, 2.45) is 5.92 Å². The monoisotopic (exact) mass is 537 g/mol. The minimum absolute atomic E-state index is 0.0652. The highest BCUT2D eigenvalue weighted by molar-refractivity contribution is 9.10. The molecule has 2 aromatic rings. The summed E-state index contributed by atoms with van der Waals surface area (Å²) >= 11 is 3.44. The van der Waals surface area contributed by atoms with Crippen LogP contribution < -0.4 is 0 Å². The topological polar surface area (TPSA) is 90.0 Å². The van der Waals surface area contributed by atoms with Crippen LogP contribution in [0.2, 0.25) is 0 Å². The van der Waals surface area contributed by atoms with E-state index in [2.05, 4.69) is 15.9 Å². The molecule has 0 spiro atoms. The summed E-state index contributed by atoms with van der Waals surface area (Å²) in [6.45, 7) is 6.47. The maximum absolute atomic E-state index is 13.8. The van der Waals surface area contributed by atoms with Crippen molar-refractivity contribution in [3.63, 3.8) is 0 Å². The van der Waals surface area contributed by atoms with Crippen molar-refractivity contribution in [2.45, 2.75) is 57.1 Å². The molecule has 7 nitrogen and oxygen atoms in total. The van der Waals surface area contributed by atoms with Gasteiger partial charge in [0.15, 0.2) is 0 Å². The summed E-state index contributed by atoms with van der Waals surface area (Å²) in [7, 11) is -4.36. The molecule has 33 heavy (non-hydrogen) atoms. The van der Waals surface area contributed by atoms with Gasteiger partial charge in [0.05, 0.1) is 10.8 Å². The van der Waals surface area contributed by atoms with Gasteiger partial charge in [0.25, 0.3) is 10.0 Å². The average molecular weight is 538 g/mol. The molecular formula is C24H28BrNO6S. The number of esters is 1. The molecule has 1 fully saturated rings. The maximum Gasteiger partial charge on any atom is 0.425 e. The number of carbonyl (C=O) groups is 2. The number of carbonyl (C=O) groups excluding carboxylic acids is 2. The molecule has 0 radical (unpaired) electrons. The summed E-state index contributed by atoms with van der Waals surface area (Å²) in [5.41, 5.74) is 0.405. The number of rotatable bonds is 7. The lowest BCUT2D eigenvalue weighted by atomic mass is 10.1. The van der Waals surface area contributed by atoms with E-state index in [9.17, 15) is 18.0 Å². The Hall–Kier alpha value is -2.39. The lowest BCUT2D eigenvalue weighted by molar-refractivity contribution is -0.146. The van der Waals surface area contributed by atoms with Crippen molar-refractivity contribution in [2.75, 3.05) is 6.61 Å². The van der Waals surface area contributed by atoms with Gasteiger partial charge in [0, 0.05) is 4.47 Å². The highest BCUT2D eigenvalue weighted by atomic mass is 79.9. The molecule has 1 atom stereocenters. The van der Waals surface area contributed by atoms with Crippen molar-refractivity contribution in [3.05, 3.63) is 64.1 Å². The average Bonchev–Trinajstić information content (AvgIpc) is 3.55. The number of benzene rings is 2. The van der Waals surface area contributed by atoms with Crippen LogP contribution >= 0.6 is 15.9 Å². The van der Waals surface area contributed by atoms with Crippen LogP contribution in [-0.2, 0) is 24.3 Å². The summed E-state index contributed by atoms with van der Waals surface area (Å²) in [5.74, 6) is -0.572. The molecule has 9 heteroatoms. The number of hydrogen-bond donors (Lipinski definition) is 0. The molecule has 0 heterocycles. The molecule has 0 N–H and O–H groups in total. The van der Waals surface area contributed by atoms with E-state index in [0.29, 0.717) is 14.3 Å². The predicted octanol–water partition coefficient (Wildman–Crippen LogP) is 5.38. The van der Waals surface area contributed by atoms with Crippen LogP contribution in [0.15, 0.2) is 57.9 Å². The second-order valence-electron chi connectivity index (χ2n) is 9.04. The summed E-state index contributed by atoms with van der Waals surface area (Å²) in [6, 6.07) is 12.0. The summed E-state index contributed by atoms with van der Waals surface area (Å²) in [5, 5.41) is 0. The van der Waals surface area contributed by atoms with Gasteiger partial charge in [-0.1, -0.05) is 51.8 Å². The Bertz CT molecular complexity index is 1120. The van der Waals surface area contributed by atoms with E-state index >= 15 is 0 Å². The maximum atomic E-state index is 13.8. The molecular weight excluding hydrogens is 510 g/mol. The molecule has 1 aliphatic rings. The fraction of sp³-hybridized carbons (Fsp3) is 0.417. The van der Waals surface area contributed by atoms with E-state index in [1.165, 1.54) is 12.1 Å². The zero-order chi connectivity index (χ0) is 24.4. The van der Waals surface area contributed by atoms with Gasteiger partial charge in [-0.05, 0) is 64.3 Å². The first-order valence-corrected chi connectivity index (χ1v) is 12.9. The van der Waals surface area contributed by atoms with Crippen molar-refractivity contribution >= 4 is 38.0 Å². The van der Waals surface area contributed by atoms with E-state index in [-0.39, 0.29) is 17.4 Å². The first kappa shape index (κ1) is 25.2. The van der Waals surface area contributed by atoms with Crippen LogP contribution in [0.1, 0.15) is 50.8 Å². The van der Waals surface area contributed by atoms with Crippen LogP contribution in [0.25, 0.3) is 0 Å². The van der Waals surface area contributed by atoms with Gasteiger partial charge in [-0.3, -0.25) is 4.79 Å². The largest absolute Gasteiger partial charge is 0.463 e. The molecule has 0 unspecified atom stereocenters. The lowest BCUT2D eigenvalue weighted by Gasteiger charge is -2.33. The molecule has 1 amide bonds. The van der Waals surface area contributed by atoms with Gasteiger partial charge in [-0.15, -0.1) is 0 Å². The number of hydrogen-bond acceptors (Lipinski definition) is 6. The Balaban J connectivity index is 2.11. The zero-order valence-corrected chi connectivity index (χ0v) is 21.5. The summed E-state index contributed by atoms with van der Waals surface area (Å²) in [6.07, 6.45) is 0.442. The SMILES string of the molecule is Cc1ccc(S(=O)(=O)N(C(=O)OC(C)(C)C)[C@@H](COC(=O)C2CC2)c2ccccc2Br)cc1. The minimum Gasteiger partial charge on any atom is -0.463 e. The highest BCUT2D eigenvalue weighted by Crippen LogP contribution is 2.35. The molecule has 0 aliphatic heterocycles. The van der Waals surface area contributed by atoms with Gasteiger partial charge >= 0.3 is 12.1 Å². The number of nitrogens with zero attached hydrogens (tertiary/aromatic N) is 1. The van der Waals surface area contributed by atoms with E-state index < -0.39 is 33.7 Å². The molecule has 0 saturated heterocycles. The van der Waals surface area contributed by atoms with Gasteiger partial charge < -0.3 is 9.47 Å². The van der Waals surface area contributed by atoms with Gasteiger partial charge in [-0.2, -0.15) is 4.31 Å². The molecule has 1 saturated carbocycles. The summed E-state index contributed by atoms with van der Waals surface area (Å²) < 4.78 is 39.7. The molecule has 178 valence electrons. The third kappa shape index (κ3) is 6.35. The van der Waals surface area contributed by atoms with Gasteiger partial charge in [-0.25, -0.2) is 13.2 Å². The highest BCUT2D eigenvalue weighted by Gasteiger charge is 2.41.